The molecule has 4 aromatic rings. The van der Waals surface area contributed by atoms with Crippen LogP contribution in [-0.4, -0.2) is 66.7 Å². The molecule has 10 heteroatoms. The predicted octanol–water partition coefficient (Wildman–Crippen LogP) is 7.87. The molecule has 3 heterocycles. The number of amides is 2. The van der Waals surface area contributed by atoms with Crippen molar-refractivity contribution in [2.75, 3.05) is 13.6 Å². The van der Waals surface area contributed by atoms with E-state index in [1.165, 1.54) is 4.90 Å². The number of carbonyl (C=O) groups excluding carboxylic acids is 2. The van der Waals surface area contributed by atoms with Crippen LogP contribution in [-0.2, 0) is 9.47 Å². The highest BCUT2D eigenvalue weighted by Crippen LogP contribution is 2.33. The molecule has 0 aliphatic carbocycles. The van der Waals surface area contributed by atoms with Gasteiger partial charge in [0.05, 0.1) is 35.9 Å². The van der Waals surface area contributed by atoms with Crippen LogP contribution in [0.5, 0.6) is 0 Å². The molecule has 0 bridgehead atoms. The molecule has 2 N–H and O–H groups in total. The third-order valence-corrected chi connectivity index (χ3v) is 7.79. The van der Waals surface area contributed by atoms with Crippen LogP contribution in [0.15, 0.2) is 60.9 Å². The van der Waals surface area contributed by atoms with E-state index in [2.05, 4.69) is 31.8 Å². The standard InChI is InChI=1S/C37H44N6O4/c1-24(42(8)34(44)46-36(2,3)4)32-38-22-29(40-32)27-17-13-25(14-18-27)11-12-26-15-19-28(20-16-26)30-23-39-33(41-30)31-10-9-21-43(31)35(45)47-37(5,6)7/h13-20,22-24,31H,9-10,21H2,1-8H3,(H,38,40)(H,39,41)/t24-,31+/m0/s1. The number of benzene rings is 2. The molecular weight excluding hydrogens is 592 g/mol. The minimum absolute atomic E-state index is 0.125. The van der Waals surface area contributed by atoms with Crippen molar-refractivity contribution in [3.05, 3.63) is 83.7 Å². The number of aromatic amines is 2. The number of hydrogen-bond donors (Lipinski definition) is 2. The van der Waals surface area contributed by atoms with E-state index >= 15 is 0 Å². The van der Waals surface area contributed by atoms with Gasteiger partial charge in [-0.2, -0.15) is 0 Å². The summed E-state index contributed by atoms with van der Waals surface area (Å²) in [6, 6.07) is 15.5. The molecule has 0 radical (unpaired) electrons. The summed E-state index contributed by atoms with van der Waals surface area (Å²) in [6.45, 7) is 13.7. The first-order chi connectivity index (χ1) is 22.2. The summed E-state index contributed by atoms with van der Waals surface area (Å²) in [6.07, 6.45) is 4.63. The van der Waals surface area contributed by atoms with E-state index in [0.717, 1.165) is 52.3 Å². The SMILES string of the molecule is C[C@@H](c1ncc(-c2ccc(C#Cc3ccc(-c4cnc([C@H]5CCCN5C(=O)OC(C)(C)C)[nH]4)cc3)cc2)[nH]1)N(C)C(=O)OC(C)(C)C. The van der Waals surface area contributed by atoms with Crippen molar-refractivity contribution in [1.29, 1.82) is 0 Å². The molecule has 47 heavy (non-hydrogen) atoms. The maximum Gasteiger partial charge on any atom is 0.410 e. The second-order valence-corrected chi connectivity index (χ2v) is 13.9. The number of imidazole rings is 2. The fraction of sp³-hybridized carbons (Fsp3) is 0.405. The van der Waals surface area contributed by atoms with Crippen LogP contribution in [0.2, 0.25) is 0 Å². The molecule has 2 amide bonds. The number of rotatable bonds is 5. The van der Waals surface area contributed by atoms with Crippen molar-refractivity contribution < 1.29 is 19.1 Å². The Labute approximate surface area is 276 Å². The lowest BCUT2D eigenvalue weighted by Crippen LogP contribution is -2.36. The average Bonchev–Trinajstić information content (AvgIpc) is 3.79. The molecule has 2 aromatic carbocycles. The number of aromatic nitrogens is 4. The summed E-state index contributed by atoms with van der Waals surface area (Å²) in [5, 5.41) is 0. The highest BCUT2D eigenvalue weighted by Gasteiger charge is 2.35. The Morgan fingerprint density at radius 2 is 1.38 bits per heavy atom. The van der Waals surface area contributed by atoms with Crippen LogP contribution >= 0.6 is 0 Å². The molecule has 1 saturated heterocycles. The third kappa shape index (κ3) is 8.41. The minimum atomic E-state index is -0.567. The zero-order valence-electron chi connectivity index (χ0n) is 28.5. The van der Waals surface area contributed by atoms with Gasteiger partial charge in [0, 0.05) is 24.7 Å². The Bertz CT molecular complexity index is 1760. The highest BCUT2D eigenvalue weighted by atomic mass is 16.6. The van der Waals surface area contributed by atoms with Gasteiger partial charge in [0.25, 0.3) is 0 Å². The number of ether oxygens (including phenoxy) is 2. The van der Waals surface area contributed by atoms with Crippen molar-refractivity contribution in [3.8, 4) is 34.4 Å². The van der Waals surface area contributed by atoms with Gasteiger partial charge in [-0.25, -0.2) is 19.6 Å². The Balaban J connectivity index is 1.20. The molecule has 0 spiro atoms. The molecule has 2 atom stereocenters. The van der Waals surface area contributed by atoms with E-state index in [0.29, 0.717) is 12.4 Å². The normalized spacial score (nSPS) is 15.5. The third-order valence-electron chi connectivity index (χ3n) is 7.79. The Hall–Kier alpha value is -5.04. The minimum Gasteiger partial charge on any atom is -0.444 e. The van der Waals surface area contributed by atoms with Gasteiger partial charge in [-0.05, 0) is 96.7 Å². The molecule has 1 fully saturated rings. The first-order valence-electron chi connectivity index (χ1n) is 15.9. The number of nitrogens with one attached hydrogen (secondary N) is 2. The van der Waals surface area contributed by atoms with Crippen molar-refractivity contribution in [2.24, 2.45) is 0 Å². The lowest BCUT2D eigenvalue weighted by molar-refractivity contribution is 0.0212. The highest BCUT2D eigenvalue weighted by molar-refractivity contribution is 5.69. The lowest BCUT2D eigenvalue weighted by atomic mass is 10.1. The van der Waals surface area contributed by atoms with Crippen LogP contribution in [0.4, 0.5) is 9.59 Å². The van der Waals surface area contributed by atoms with Crippen LogP contribution in [0, 0.1) is 11.8 Å². The van der Waals surface area contributed by atoms with E-state index in [4.69, 9.17) is 9.47 Å². The van der Waals surface area contributed by atoms with Crippen LogP contribution < -0.4 is 0 Å². The van der Waals surface area contributed by atoms with E-state index in [-0.39, 0.29) is 18.2 Å². The summed E-state index contributed by atoms with van der Waals surface area (Å²) in [5.41, 5.74) is 4.38. The van der Waals surface area contributed by atoms with E-state index in [1.807, 2.05) is 103 Å². The summed E-state index contributed by atoms with van der Waals surface area (Å²) in [5.74, 6) is 7.92. The Morgan fingerprint density at radius 1 is 0.851 bits per heavy atom. The quantitative estimate of drug-likeness (QED) is 0.215. The monoisotopic (exact) mass is 636 g/mol. The van der Waals surface area contributed by atoms with Gasteiger partial charge in [-0.15, -0.1) is 0 Å². The van der Waals surface area contributed by atoms with Gasteiger partial charge in [0.15, 0.2) is 0 Å². The number of nitrogens with zero attached hydrogens (tertiary/aromatic N) is 4. The van der Waals surface area contributed by atoms with Crippen molar-refractivity contribution in [1.82, 2.24) is 29.7 Å². The summed E-state index contributed by atoms with van der Waals surface area (Å²) < 4.78 is 11.1. The van der Waals surface area contributed by atoms with Gasteiger partial charge in [-0.1, -0.05) is 36.1 Å². The maximum absolute atomic E-state index is 12.7. The first kappa shape index (κ1) is 33.3. The van der Waals surface area contributed by atoms with Crippen molar-refractivity contribution in [3.63, 3.8) is 0 Å². The number of carbonyl (C=O) groups is 2. The maximum atomic E-state index is 12.7. The second kappa shape index (κ2) is 13.4. The fourth-order valence-corrected chi connectivity index (χ4v) is 5.22. The molecule has 246 valence electrons. The number of H-pyrrole nitrogens is 2. The lowest BCUT2D eigenvalue weighted by Gasteiger charge is -2.27. The largest absolute Gasteiger partial charge is 0.444 e. The first-order valence-corrected chi connectivity index (χ1v) is 15.9. The van der Waals surface area contributed by atoms with Crippen LogP contribution in [0.3, 0.4) is 0 Å². The summed E-state index contributed by atoms with van der Waals surface area (Å²) >= 11 is 0. The molecule has 1 aliphatic rings. The second-order valence-electron chi connectivity index (χ2n) is 13.9. The zero-order chi connectivity index (χ0) is 33.9. The molecule has 5 rings (SSSR count). The fourth-order valence-electron chi connectivity index (χ4n) is 5.22. The van der Waals surface area contributed by atoms with Gasteiger partial charge < -0.3 is 24.3 Å². The van der Waals surface area contributed by atoms with Crippen molar-refractivity contribution >= 4 is 12.2 Å². The molecular formula is C37H44N6O4. The summed E-state index contributed by atoms with van der Waals surface area (Å²) in [4.78, 5) is 44.3. The Kier molecular flexibility index (Phi) is 9.48. The van der Waals surface area contributed by atoms with Crippen LogP contribution in [0.1, 0.15) is 96.2 Å². The predicted molar refractivity (Wildman–Crippen MR) is 181 cm³/mol. The van der Waals surface area contributed by atoms with Gasteiger partial charge in [0.1, 0.15) is 22.9 Å². The van der Waals surface area contributed by atoms with E-state index < -0.39 is 17.3 Å². The summed E-state index contributed by atoms with van der Waals surface area (Å²) in [7, 11) is 1.70. The number of hydrogen-bond acceptors (Lipinski definition) is 6. The smallest absolute Gasteiger partial charge is 0.410 e. The molecule has 2 aromatic heterocycles. The Morgan fingerprint density at radius 3 is 1.94 bits per heavy atom. The van der Waals surface area contributed by atoms with Gasteiger partial charge in [-0.3, -0.25) is 4.90 Å². The van der Waals surface area contributed by atoms with Gasteiger partial charge >= 0.3 is 12.2 Å². The molecule has 0 unspecified atom stereocenters. The van der Waals surface area contributed by atoms with E-state index in [9.17, 15) is 9.59 Å². The molecule has 0 saturated carbocycles. The molecule has 1 aliphatic heterocycles. The average molecular weight is 637 g/mol. The van der Waals surface area contributed by atoms with Gasteiger partial charge in [0.2, 0.25) is 0 Å². The zero-order valence-corrected chi connectivity index (χ0v) is 28.5. The molecule has 10 nitrogen and oxygen atoms in total. The van der Waals surface area contributed by atoms with Crippen molar-refractivity contribution in [2.45, 2.75) is 84.6 Å². The topological polar surface area (TPSA) is 116 Å². The number of likely N-dealkylation sites (tertiary alicyclic amines) is 1. The van der Waals surface area contributed by atoms with Crippen LogP contribution in [0.25, 0.3) is 22.5 Å². The van der Waals surface area contributed by atoms with E-state index in [1.54, 1.807) is 18.1 Å².